The third-order valence-corrected chi connectivity index (χ3v) is 5.08. The van der Waals surface area contributed by atoms with Crippen molar-refractivity contribution in [3.05, 3.63) is 28.0 Å². The Morgan fingerprint density at radius 3 is 2.80 bits per heavy atom. The molecule has 1 heterocycles. The summed E-state index contributed by atoms with van der Waals surface area (Å²) >= 11 is 3.13. The molecule has 1 unspecified atom stereocenters. The molecule has 20 heavy (non-hydrogen) atoms. The van der Waals surface area contributed by atoms with Gasteiger partial charge in [0.25, 0.3) is 0 Å². The summed E-state index contributed by atoms with van der Waals surface area (Å²) in [6.07, 6.45) is 2.45. The number of nitrogens with two attached hydrogens (primary N) is 1. The molecular weight excluding hydrogens is 353 g/mol. The van der Waals surface area contributed by atoms with E-state index in [2.05, 4.69) is 15.9 Å². The largest absolute Gasteiger partial charge is 0.353 e. The Morgan fingerprint density at radius 1 is 1.45 bits per heavy atom. The van der Waals surface area contributed by atoms with Gasteiger partial charge in [-0.2, -0.15) is 0 Å². The first-order chi connectivity index (χ1) is 9.38. The van der Waals surface area contributed by atoms with Crippen molar-refractivity contribution < 1.29 is 22.3 Å². The van der Waals surface area contributed by atoms with Gasteiger partial charge in [0, 0.05) is 11.1 Å². The van der Waals surface area contributed by atoms with Gasteiger partial charge in [-0.05, 0) is 52.9 Å². The van der Waals surface area contributed by atoms with Gasteiger partial charge in [0.2, 0.25) is 10.0 Å². The Balaban J connectivity index is 2.17. The van der Waals surface area contributed by atoms with Crippen LogP contribution in [0.1, 0.15) is 24.8 Å². The SMILES string of the molecule is NS(=O)(=O)c1cc(F)cc(COC2CCCCO2)c1Br. The monoisotopic (exact) mass is 367 g/mol. The van der Waals surface area contributed by atoms with Crippen molar-refractivity contribution in [2.75, 3.05) is 6.61 Å². The number of rotatable bonds is 4. The Bertz CT molecular complexity index is 587. The summed E-state index contributed by atoms with van der Waals surface area (Å²) < 4.78 is 47.4. The minimum Gasteiger partial charge on any atom is -0.353 e. The van der Waals surface area contributed by atoms with Crippen molar-refractivity contribution in [3.63, 3.8) is 0 Å². The normalized spacial score (nSPS) is 20.1. The molecule has 0 aromatic heterocycles. The molecule has 2 N–H and O–H groups in total. The minimum atomic E-state index is -4.00. The zero-order valence-electron chi connectivity index (χ0n) is 10.6. The van der Waals surface area contributed by atoms with Crippen LogP contribution in [0.5, 0.6) is 0 Å². The summed E-state index contributed by atoms with van der Waals surface area (Å²) in [7, 11) is -4.00. The number of halogens is 2. The van der Waals surface area contributed by atoms with E-state index >= 15 is 0 Å². The van der Waals surface area contributed by atoms with Gasteiger partial charge >= 0.3 is 0 Å². The molecule has 0 aliphatic carbocycles. The van der Waals surface area contributed by atoms with Crippen LogP contribution in [0.25, 0.3) is 0 Å². The molecule has 1 aromatic rings. The van der Waals surface area contributed by atoms with E-state index < -0.39 is 15.8 Å². The van der Waals surface area contributed by atoms with E-state index in [-0.39, 0.29) is 22.3 Å². The zero-order chi connectivity index (χ0) is 14.8. The molecule has 0 radical (unpaired) electrons. The lowest BCUT2D eigenvalue weighted by Gasteiger charge is -2.23. The Labute approximate surface area is 125 Å². The average molecular weight is 368 g/mol. The van der Waals surface area contributed by atoms with Crippen LogP contribution in [0.15, 0.2) is 21.5 Å². The van der Waals surface area contributed by atoms with Crippen molar-refractivity contribution in [2.45, 2.75) is 37.1 Å². The Kier molecular flexibility index (Phi) is 5.14. The van der Waals surface area contributed by atoms with E-state index in [0.717, 1.165) is 25.3 Å². The fourth-order valence-corrected chi connectivity index (χ4v) is 3.63. The second kappa shape index (κ2) is 6.48. The number of primary sulfonamides is 1. The quantitative estimate of drug-likeness (QED) is 0.885. The molecule has 0 saturated carbocycles. The first-order valence-corrected chi connectivity index (χ1v) is 8.46. The molecule has 0 amide bonds. The molecule has 1 aromatic carbocycles. The van der Waals surface area contributed by atoms with Crippen LogP contribution in [0.3, 0.4) is 0 Å². The van der Waals surface area contributed by atoms with Gasteiger partial charge in [-0.3, -0.25) is 0 Å². The summed E-state index contributed by atoms with van der Waals surface area (Å²) in [6.45, 7) is 0.683. The molecule has 1 saturated heterocycles. The van der Waals surface area contributed by atoms with Crippen LogP contribution in [-0.4, -0.2) is 21.3 Å². The molecule has 1 fully saturated rings. The van der Waals surface area contributed by atoms with Crippen LogP contribution in [-0.2, 0) is 26.1 Å². The summed E-state index contributed by atoms with van der Waals surface area (Å²) in [5, 5.41) is 5.04. The highest BCUT2D eigenvalue weighted by Gasteiger charge is 2.19. The smallest absolute Gasteiger partial charge is 0.239 e. The minimum absolute atomic E-state index is 0.0472. The standard InChI is InChI=1S/C12H15BrFNO4S/c13-12-8(7-19-11-3-1-2-4-18-11)5-9(14)6-10(12)20(15,16)17/h5-6,11H,1-4,7H2,(H2,15,16,17). The lowest BCUT2D eigenvalue weighted by molar-refractivity contribution is -0.169. The number of ether oxygens (including phenoxy) is 2. The van der Waals surface area contributed by atoms with Crippen LogP contribution < -0.4 is 5.14 Å². The third-order valence-electron chi connectivity index (χ3n) is 2.95. The molecule has 1 atom stereocenters. The van der Waals surface area contributed by atoms with Crippen LogP contribution >= 0.6 is 15.9 Å². The second-order valence-corrected chi connectivity index (χ2v) is 6.85. The first kappa shape index (κ1) is 15.8. The van der Waals surface area contributed by atoms with Gasteiger partial charge < -0.3 is 9.47 Å². The van der Waals surface area contributed by atoms with Gasteiger partial charge in [0.05, 0.1) is 11.5 Å². The fourth-order valence-electron chi connectivity index (χ4n) is 1.96. The van der Waals surface area contributed by atoms with Gasteiger partial charge in [-0.25, -0.2) is 17.9 Å². The van der Waals surface area contributed by atoms with Crippen molar-refractivity contribution in [1.82, 2.24) is 0 Å². The maximum absolute atomic E-state index is 13.5. The first-order valence-electron chi connectivity index (χ1n) is 6.12. The lowest BCUT2D eigenvalue weighted by Crippen LogP contribution is -2.22. The van der Waals surface area contributed by atoms with E-state index in [1.807, 2.05) is 0 Å². The predicted molar refractivity (Wildman–Crippen MR) is 73.9 cm³/mol. The van der Waals surface area contributed by atoms with Gasteiger partial charge in [0.1, 0.15) is 5.82 Å². The Morgan fingerprint density at radius 2 is 2.20 bits per heavy atom. The van der Waals surface area contributed by atoms with E-state index in [1.165, 1.54) is 6.07 Å². The number of hydrogen-bond donors (Lipinski definition) is 1. The molecule has 1 aliphatic rings. The van der Waals surface area contributed by atoms with E-state index in [1.54, 1.807) is 0 Å². The maximum Gasteiger partial charge on any atom is 0.239 e. The van der Waals surface area contributed by atoms with Crippen LogP contribution in [0, 0.1) is 5.82 Å². The molecule has 5 nitrogen and oxygen atoms in total. The van der Waals surface area contributed by atoms with Crippen LogP contribution in [0.2, 0.25) is 0 Å². The number of benzene rings is 1. The second-order valence-electron chi connectivity index (χ2n) is 4.53. The summed E-state index contributed by atoms with van der Waals surface area (Å²) in [4.78, 5) is -0.291. The molecular formula is C12H15BrFNO4S. The zero-order valence-corrected chi connectivity index (χ0v) is 13.0. The molecule has 1 aliphatic heterocycles. The number of sulfonamides is 1. The van der Waals surface area contributed by atoms with Crippen molar-refractivity contribution in [2.24, 2.45) is 5.14 Å². The van der Waals surface area contributed by atoms with Gasteiger partial charge in [-0.15, -0.1) is 0 Å². The van der Waals surface area contributed by atoms with E-state index in [0.29, 0.717) is 12.2 Å². The molecule has 112 valence electrons. The highest BCUT2D eigenvalue weighted by atomic mass is 79.9. The highest BCUT2D eigenvalue weighted by Crippen LogP contribution is 2.28. The Hall–Kier alpha value is -0.540. The summed E-state index contributed by atoms with van der Waals surface area (Å²) in [5.74, 6) is -0.680. The van der Waals surface area contributed by atoms with Crippen LogP contribution in [0.4, 0.5) is 4.39 Å². The van der Waals surface area contributed by atoms with Crippen molar-refractivity contribution in [1.29, 1.82) is 0 Å². The fraction of sp³-hybridized carbons (Fsp3) is 0.500. The van der Waals surface area contributed by atoms with Gasteiger partial charge in [-0.1, -0.05) is 0 Å². The molecule has 2 rings (SSSR count). The highest BCUT2D eigenvalue weighted by molar-refractivity contribution is 9.10. The molecule has 8 heteroatoms. The summed E-state index contributed by atoms with van der Waals surface area (Å²) in [5.41, 5.74) is 0.378. The van der Waals surface area contributed by atoms with E-state index in [9.17, 15) is 12.8 Å². The predicted octanol–water partition coefficient (Wildman–Crippen LogP) is 2.28. The van der Waals surface area contributed by atoms with E-state index in [4.69, 9.17) is 14.6 Å². The van der Waals surface area contributed by atoms with Gasteiger partial charge in [0.15, 0.2) is 6.29 Å². The number of hydrogen-bond acceptors (Lipinski definition) is 4. The lowest BCUT2D eigenvalue weighted by atomic mass is 10.2. The maximum atomic E-state index is 13.5. The van der Waals surface area contributed by atoms with Crippen molar-refractivity contribution >= 4 is 26.0 Å². The average Bonchev–Trinajstić information content (AvgIpc) is 2.39. The molecule has 0 spiro atoms. The topological polar surface area (TPSA) is 78.6 Å². The molecule has 0 bridgehead atoms. The summed E-state index contributed by atoms with van der Waals surface area (Å²) in [6, 6.07) is 2.08. The third kappa shape index (κ3) is 3.98. The van der Waals surface area contributed by atoms with Crippen molar-refractivity contribution in [3.8, 4) is 0 Å².